The third kappa shape index (κ3) is 3.82. The highest BCUT2D eigenvalue weighted by Crippen LogP contribution is 1.97. The average molecular weight is 164 g/mol. The fraction of sp³-hybridized carbons (Fsp3) is 0.667. The fourth-order valence-electron chi connectivity index (χ4n) is 0.489. The van der Waals surface area contributed by atoms with Gasteiger partial charge in [-0.05, 0) is 0 Å². The summed E-state index contributed by atoms with van der Waals surface area (Å²) in [7, 11) is 0. The standard InChI is InChI=1S/C6H10O5/c7-2-4(9)1-5(10)6(11)3-8/h2,5-6,8,10-11H,1,3H2/t5-,6+/m0/s1/i2D,4+1. The van der Waals surface area contributed by atoms with Crippen LogP contribution in [0.1, 0.15) is 7.79 Å². The summed E-state index contributed by atoms with van der Waals surface area (Å²) in [5, 5.41) is 25.9. The Morgan fingerprint density at radius 3 is 2.45 bits per heavy atom. The molecule has 0 fully saturated rings. The molecule has 0 bridgehead atoms. The number of carbonyl (C=O) groups is 2. The molecular weight excluding hydrogens is 153 g/mol. The summed E-state index contributed by atoms with van der Waals surface area (Å²) in [6.45, 7) is -0.694. The summed E-state index contributed by atoms with van der Waals surface area (Å²) in [5.74, 6) is -1.09. The topological polar surface area (TPSA) is 94.8 Å². The highest BCUT2D eigenvalue weighted by atomic mass is 16.4. The van der Waals surface area contributed by atoms with Crippen LogP contribution in [0, 0.1) is 0 Å². The number of hydrogen-bond acceptors (Lipinski definition) is 5. The largest absolute Gasteiger partial charge is 0.394 e. The van der Waals surface area contributed by atoms with Gasteiger partial charge in [0.1, 0.15) is 7.47 Å². The Labute approximate surface area is 64.7 Å². The number of Topliss-reactive ketones (excluding diaryl/α,β-unsaturated/α-hetero) is 1. The third-order valence-corrected chi connectivity index (χ3v) is 1.14. The minimum absolute atomic E-state index is 0.635. The molecule has 2 atom stereocenters. The minimum Gasteiger partial charge on any atom is -0.394 e. The van der Waals surface area contributed by atoms with Crippen LogP contribution >= 0.6 is 0 Å². The predicted molar refractivity (Wildman–Crippen MR) is 34.8 cm³/mol. The van der Waals surface area contributed by atoms with Gasteiger partial charge in [0.05, 0.1) is 12.7 Å². The Morgan fingerprint density at radius 1 is 1.55 bits per heavy atom. The summed E-state index contributed by atoms with van der Waals surface area (Å²) in [6.07, 6.45) is -4.99. The Morgan fingerprint density at radius 2 is 2.09 bits per heavy atom. The smallest absolute Gasteiger partial charge is 0.197 e. The van der Waals surface area contributed by atoms with Crippen LogP contribution in [0.3, 0.4) is 0 Å². The number of hydrogen-bond donors (Lipinski definition) is 3. The van der Waals surface area contributed by atoms with Crippen LogP contribution in [0.5, 0.6) is 0 Å². The Bertz CT molecular complexity index is 181. The van der Waals surface area contributed by atoms with Gasteiger partial charge in [-0.2, -0.15) is 0 Å². The molecular formula is C6H10O5. The van der Waals surface area contributed by atoms with E-state index in [0.717, 1.165) is 0 Å². The number of rotatable bonds is 5. The molecule has 64 valence electrons. The van der Waals surface area contributed by atoms with Crippen LogP contribution in [-0.4, -0.2) is 46.2 Å². The van der Waals surface area contributed by atoms with Crippen molar-refractivity contribution in [1.82, 2.24) is 0 Å². The van der Waals surface area contributed by atoms with E-state index in [1.807, 2.05) is 0 Å². The van der Waals surface area contributed by atoms with Crippen molar-refractivity contribution in [2.45, 2.75) is 18.6 Å². The molecule has 11 heavy (non-hydrogen) atoms. The maximum Gasteiger partial charge on any atom is 0.197 e. The van der Waals surface area contributed by atoms with E-state index >= 15 is 0 Å². The van der Waals surface area contributed by atoms with Gasteiger partial charge in [-0.25, -0.2) is 0 Å². The quantitative estimate of drug-likeness (QED) is 0.245. The molecule has 0 rings (SSSR count). The molecule has 3 N–H and O–H groups in total. The molecule has 0 saturated heterocycles. The van der Waals surface area contributed by atoms with Crippen molar-refractivity contribution >= 4 is 12.0 Å². The number of ketones is 1. The van der Waals surface area contributed by atoms with Gasteiger partial charge in [0.15, 0.2) is 12.0 Å². The van der Waals surface area contributed by atoms with Crippen molar-refractivity contribution in [2.24, 2.45) is 0 Å². The van der Waals surface area contributed by atoms with Crippen molar-refractivity contribution in [3.63, 3.8) is 0 Å². The zero-order valence-corrected chi connectivity index (χ0v) is 5.73. The first kappa shape index (κ1) is 8.32. The second-order valence-corrected chi connectivity index (χ2v) is 2.05. The van der Waals surface area contributed by atoms with Crippen LogP contribution in [0.25, 0.3) is 0 Å². The number of aldehydes is 1. The average Bonchev–Trinajstić information content (AvgIpc) is 2.02. The monoisotopic (exact) mass is 164 g/mol. The molecule has 5 nitrogen and oxygen atoms in total. The lowest BCUT2D eigenvalue weighted by Crippen LogP contribution is -2.31. The molecule has 5 heteroatoms. The van der Waals surface area contributed by atoms with Gasteiger partial charge in [-0.1, -0.05) is 0 Å². The van der Waals surface area contributed by atoms with Crippen LogP contribution in [0.2, 0.25) is 0 Å². The molecule has 0 aliphatic carbocycles. The minimum atomic E-state index is -1.49. The molecule has 0 unspecified atom stereocenters. The number of aliphatic hydroxyl groups is 3. The molecule has 0 heterocycles. The van der Waals surface area contributed by atoms with Crippen LogP contribution in [0.15, 0.2) is 0 Å². The van der Waals surface area contributed by atoms with Gasteiger partial charge < -0.3 is 15.3 Å². The van der Waals surface area contributed by atoms with E-state index in [-0.39, 0.29) is 0 Å². The van der Waals surface area contributed by atoms with Gasteiger partial charge in [0, 0.05) is 6.42 Å². The maximum absolute atomic E-state index is 10.5. The van der Waals surface area contributed by atoms with Crippen LogP contribution in [0.4, 0.5) is 0 Å². The molecule has 0 aromatic rings. The zero-order chi connectivity index (χ0) is 9.72. The molecule has 0 saturated carbocycles. The first-order valence-electron chi connectivity index (χ1n) is 3.49. The SMILES string of the molecule is [2H]C(=O)[13C](=O)C[C@H](O)[C@H](O)CO. The molecule has 0 aliphatic rings. The Balaban J connectivity index is 3.92. The van der Waals surface area contributed by atoms with E-state index < -0.39 is 37.3 Å². The highest BCUT2D eigenvalue weighted by molar-refractivity contribution is 6.25. The lowest BCUT2D eigenvalue weighted by molar-refractivity contribution is -0.132. The van der Waals surface area contributed by atoms with E-state index in [2.05, 4.69) is 0 Å². The normalized spacial score (nSPS) is 16.8. The fourth-order valence-corrected chi connectivity index (χ4v) is 0.489. The summed E-state index contributed by atoms with van der Waals surface area (Å²) >= 11 is 0. The van der Waals surface area contributed by atoms with Gasteiger partial charge in [-0.3, -0.25) is 9.59 Å². The predicted octanol–water partition coefficient (Wildman–Crippen LogP) is -2.14. The second-order valence-electron chi connectivity index (χ2n) is 2.05. The Hall–Kier alpha value is -0.780. The van der Waals surface area contributed by atoms with Crippen molar-refractivity contribution in [3.05, 3.63) is 0 Å². The number of aliphatic hydroxyl groups excluding tert-OH is 3. The van der Waals surface area contributed by atoms with Gasteiger partial charge in [-0.15, -0.1) is 0 Å². The van der Waals surface area contributed by atoms with Crippen molar-refractivity contribution in [2.75, 3.05) is 6.61 Å². The van der Waals surface area contributed by atoms with Crippen molar-refractivity contribution < 1.29 is 26.3 Å². The highest BCUT2D eigenvalue weighted by Gasteiger charge is 2.17. The van der Waals surface area contributed by atoms with Crippen molar-refractivity contribution in [1.29, 1.82) is 0 Å². The van der Waals surface area contributed by atoms with Crippen molar-refractivity contribution in [3.8, 4) is 0 Å². The molecule has 0 radical (unpaired) electrons. The van der Waals surface area contributed by atoms with E-state index in [1.54, 1.807) is 0 Å². The lowest BCUT2D eigenvalue weighted by atomic mass is 10.2. The van der Waals surface area contributed by atoms with E-state index in [9.17, 15) is 9.59 Å². The summed E-state index contributed by atoms with van der Waals surface area (Å²) in [6, 6.07) is 0. The van der Waals surface area contributed by atoms with Gasteiger partial charge >= 0.3 is 0 Å². The summed E-state index contributed by atoms with van der Waals surface area (Å²) < 4.78 is 6.33. The number of carbonyl (C=O) groups excluding carboxylic acids is 2. The first-order valence-corrected chi connectivity index (χ1v) is 2.99. The first-order chi connectivity index (χ1) is 5.49. The summed E-state index contributed by atoms with van der Waals surface area (Å²) in [5.41, 5.74) is 0. The van der Waals surface area contributed by atoms with Gasteiger partial charge in [0.25, 0.3) is 0 Å². The van der Waals surface area contributed by atoms with Crippen LogP contribution < -0.4 is 0 Å². The third-order valence-electron chi connectivity index (χ3n) is 1.14. The van der Waals surface area contributed by atoms with Crippen LogP contribution in [-0.2, 0) is 9.59 Å². The van der Waals surface area contributed by atoms with E-state index in [1.165, 1.54) is 0 Å². The molecule has 0 aromatic heterocycles. The zero-order valence-electron chi connectivity index (χ0n) is 6.73. The maximum atomic E-state index is 10.5. The molecule has 0 spiro atoms. The molecule has 0 aromatic carbocycles. The van der Waals surface area contributed by atoms with Gasteiger partial charge in [0.2, 0.25) is 0 Å². The van der Waals surface area contributed by atoms with E-state index in [0.29, 0.717) is 0 Å². The van der Waals surface area contributed by atoms with E-state index in [4.69, 9.17) is 16.7 Å². The summed E-state index contributed by atoms with van der Waals surface area (Å²) in [4.78, 5) is 20.5. The second kappa shape index (κ2) is 4.95. The molecule has 0 aliphatic heterocycles. The lowest BCUT2D eigenvalue weighted by Gasteiger charge is -2.12. The molecule has 0 amide bonds. The Kier molecular flexibility index (Phi) is 3.74.